The number of hydrogen-bond acceptors (Lipinski definition) is 5. The van der Waals surface area contributed by atoms with Crippen LogP contribution in [0.3, 0.4) is 0 Å². The Kier molecular flexibility index (Phi) is 4.83. The molecule has 0 bridgehead atoms. The van der Waals surface area contributed by atoms with Gasteiger partial charge in [0, 0.05) is 30.6 Å². The molecule has 8 nitrogen and oxygen atoms in total. The van der Waals surface area contributed by atoms with Gasteiger partial charge in [-0.25, -0.2) is 14.3 Å². The molecule has 3 aromatic rings. The summed E-state index contributed by atoms with van der Waals surface area (Å²) in [6, 6.07) is 7.07. The van der Waals surface area contributed by atoms with Crippen LogP contribution in [0.4, 0.5) is 0 Å². The molecule has 3 N–H and O–H groups in total. The molecule has 8 heteroatoms. The van der Waals surface area contributed by atoms with Crippen molar-refractivity contribution in [2.75, 3.05) is 6.54 Å². The number of benzene rings is 1. The fraction of sp³-hybridized carbons (Fsp3) is 0.222. The third kappa shape index (κ3) is 3.49. The van der Waals surface area contributed by atoms with E-state index in [-0.39, 0.29) is 5.56 Å². The summed E-state index contributed by atoms with van der Waals surface area (Å²) in [5.41, 5.74) is 1.28. The zero-order valence-corrected chi connectivity index (χ0v) is 14.5. The molecule has 0 saturated heterocycles. The lowest BCUT2D eigenvalue weighted by Gasteiger charge is -2.12. The summed E-state index contributed by atoms with van der Waals surface area (Å²) in [4.78, 5) is 37.9. The van der Waals surface area contributed by atoms with E-state index in [1.165, 1.54) is 0 Å². The Labute approximate surface area is 148 Å². The minimum atomic E-state index is -0.702. The summed E-state index contributed by atoms with van der Waals surface area (Å²) in [6.45, 7) is 3.92. The number of aromatic amines is 2. The molecular weight excluding hydrogens is 334 g/mol. The van der Waals surface area contributed by atoms with Gasteiger partial charge in [-0.1, -0.05) is 12.1 Å². The van der Waals surface area contributed by atoms with Gasteiger partial charge < -0.3 is 10.1 Å². The highest BCUT2D eigenvalue weighted by molar-refractivity contribution is 6.00. The Morgan fingerprint density at radius 1 is 1.35 bits per heavy atom. The van der Waals surface area contributed by atoms with Crippen molar-refractivity contribution in [1.29, 1.82) is 0 Å². The van der Waals surface area contributed by atoms with Gasteiger partial charge in [-0.2, -0.15) is 0 Å². The average molecular weight is 353 g/mol. The summed E-state index contributed by atoms with van der Waals surface area (Å²) in [5, 5.41) is 10.6. The number of rotatable bonds is 5. The van der Waals surface area contributed by atoms with E-state index in [1.54, 1.807) is 37.6 Å². The Morgan fingerprint density at radius 2 is 2.15 bits per heavy atom. The number of nitrogens with one attached hydrogen (secondary N) is 2. The average Bonchev–Trinajstić information content (AvgIpc) is 3.08. The molecular formula is C18H19N5O3. The Bertz CT molecular complexity index is 1060. The van der Waals surface area contributed by atoms with Crippen molar-refractivity contribution in [3.8, 4) is 11.6 Å². The van der Waals surface area contributed by atoms with Crippen LogP contribution in [0.1, 0.15) is 23.7 Å². The monoisotopic (exact) mass is 353 g/mol. The first-order valence-electron chi connectivity index (χ1n) is 8.11. The fourth-order valence-corrected chi connectivity index (χ4v) is 2.70. The molecule has 1 aromatic carbocycles. The van der Waals surface area contributed by atoms with Gasteiger partial charge in [0.05, 0.1) is 12.0 Å². The van der Waals surface area contributed by atoms with Crippen molar-refractivity contribution in [2.45, 2.75) is 20.3 Å². The quantitative estimate of drug-likeness (QED) is 0.600. The van der Waals surface area contributed by atoms with Gasteiger partial charge in [0.1, 0.15) is 5.56 Å². The van der Waals surface area contributed by atoms with E-state index in [4.69, 9.17) is 0 Å². The molecule has 26 heavy (non-hydrogen) atoms. The fourth-order valence-electron chi connectivity index (χ4n) is 2.70. The number of nitrogens with zero attached hydrogens (tertiary/aromatic N) is 3. The summed E-state index contributed by atoms with van der Waals surface area (Å²) in [5.74, 6) is -0.424. The third-order valence-electron chi connectivity index (χ3n) is 3.99. The van der Waals surface area contributed by atoms with E-state index in [9.17, 15) is 14.7 Å². The highest BCUT2D eigenvalue weighted by atomic mass is 16.3. The molecule has 0 aliphatic rings. The number of hydrogen-bond donors (Lipinski definition) is 3. The molecule has 0 aliphatic carbocycles. The van der Waals surface area contributed by atoms with Gasteiger partial charge in [-0.15, -0.1) is 0 Å². The Hall–Kier alpha value is -3.42. The molecule has 0 aliphatic heterocycles. The second-order valence-corrected chi connectivity index (χ2v) is 5.93. The van der Waals surface area contributed by atoms with E-state index >= 15 is 0 Å². The summed E-state index contributed by atoms with van der Waals surface area (Å²) < 4.78 is 1.07. The van der Waals surface area contributed by atoms with Crippen LogP contribution in [0, 0.1) is 6.92 Å². The first kappa shape index (κ1) is 17.4. The highest BCUT2D eigenvalue weighted by Crippen LogP contribution is 2.18. The molecule has 3 rings (SSSR count). The predicted molar refractivity (Wildman–Crippen MR) is 98.4 cm³/mol. The lowest BCUT2D eigenvalue weighted by Crippen LogP contribution is -2.32. The zero-order valence-electron chi connectivity index (χ0n) is 14.5. The molecule has 2 heterocycles. The largest absolute Gasteiger partial charge is 0.493 e. The number of aromatic nitrogens is 4. The standard InChI is InChI=1S/C18H19N5O3/c1-11-4-3-5-14(8-11)23-17(25)15(16(24)22-18(23)26)12(2)20-7-6-13-9-19-10-21-13/h3-5,8-10,25H,6-7H2,1-2H3,(H,19,21)(H,22,24,26). The minimum absolute atomic E-state index is 0.0179. The Morgan fingerprint density at radius 3 is 2.85 bits per heavy atom. The maximum absolute atomic E-state index is 12.2. The molecule has 0 fully saturated rings. The van der Waals surface area contributed by atoms with Crippen LogP contribution >= 0.6 is 0 Å². The van der Waals surface area contributed by atoms with Gasteiger partial charge >= 0.3 is 5.69 Å². The number of aromatic hydroxyl groups is 1. The van der Waals surface area contributed by atoms with Crippen molar-refractivity contribution in [3.05, 3.63) is 74.4 Å². The normalized spacial score (nSPS) is 11.7. The topological polar surface area (TPSA) is 116 Å². The van der Waals surface area contributed by atoms with Crippen molar-refractivity contribution < 1.29 is 5.11 Å². The van der Waals surface area contributed by atoms with Crippen LogP contribution in [-0.4, -0.2) is 36.9 Å². The molecule has 0 atom stereocenters. The SMILES string of the molecule is CC(=NCCc1cnc[nH]1)c1c(O)n(-c2cccc(C)c2)c(=O)[nH]c1=O. The van der Waals surface area contributed by atoms with E-state index in [0.717, 1.165) is 15.8 Å². The van der Waals surface area contributed by atoms with Gasteiger partial charge in [0.2, 0.25) is 5.88 Å². The predicted octanol–water partition coefficient (Wildman–Crippen LogP) is 1.31. The smallest absolute Gasteiger partial charge is 0.335 e. The third-order valence-corrected chi connectivity index (χ3v) is 3.99. The van der Waals surface area contributed by atoms with Gasteiger partial charge in [-0.05, 0) is 31.5 Å². The Balaban J connectivity index is 2.00. The van der Waals surface area contributed by atoms with Crippen molar-refractivity contribution in [2.24, 2.45) is 4.99 Å². The lowest BCUT2D eigenvalue weighted by molar-refractivity contribution is 0.429. The molecule has 2 aromatic heterocycles. The highest BCUT2D eigenvalue weighted by Gasteiger charge is 2.17. The van der Waals surface area contributed by atoms with Gasteiger partial charge in [0.25, 0.3) is 5.56 Å². The van der Waals surface area contributed by atoms with Crippen LogP contribution in [0.2, 0.25) is 0 Å². The molecule has 0 spiro atoms. The van der Waals surface area contributed by atoms with Crippen LogP contribution in [0.25, 0.3) is 5.69 Å². The van der Waals surface area contributed by atoms with Crippen LogP contribution in [0.5, 0.6) is 5.88 Å². The second-order valence-electron chi connectivity index (χ2n) is 5.93. The summed E-state index contributed by atoms with van der Waals surface area (Å²) in [7, 11) is 0. The number of aryl methyl sites for hydroxylation is 1. The van der Waals surface area contributed by atoms with Crippen LogP contribution in [0.15, 0.2) is 51.4 Å². The van der Waals surface area contributed by atoms with E-state index in [2.05, 4.69) is 19.9 Å². The summed E-state index contributed by atoms with van der Waals surface area (Å²) >= 11 is 0. The number of imidazole rings is 1. The minimum Gasteiger partial charge on any atom is -0.493 e. The molecule has 134 valence electrons. The molecule has 0 unspecified atom stereocenters. The first-order chi connectivity index (χ1) is 12.5. The van der Waals surface area contributed by atoms with E-state index in [1.807, 2.05) is 13.0 Å². The van der Waals surface area contributed by atoms with E-state index < -0.39 is 17.1 Å². The molecule has 0 saturated carbocycles. The maximum atomic E-state index is 12.2. The molecule has 0 radical (unpaired) electrons. The van der Waals surface area contributed by atoms with E-state index in [0.29, 0.717) is 24.4 Å². The molecule has 0 amide bonds. The van der Waals surface area contributed by atoms with Crippen molar-refractivity contribution in [1.82, 2.24) is 19.5 Å². The number of aliphatic imine (C=N–C) groups is 1. The lowest BCUT2D eigenvalue weighted by atomic mass is 10.2. The second kappa shape index (κ2) is 7.22. The van der Waals surface area contributed by atoms with Crippen molar-refractivity contribution in [3.63, 3.8) is 0 Å². The van der Waals surface area contributed by atoms with Gasteiger partial charge in [-0.3, -0.25) is 14.8 Å². The first-order valence-corrected chi connectivity index (χ1v) is 8.11. The maximum Gasteiger partial charge on any atom is 0.335 e. The van der Waals surface area contributed by atoms with Crippen molar-refractivity contribution >= 4 is 5.71 Å². The van der Waals surface area contributed by atoms with Gasteiger partial charge in [0.15, 0.2) is 0 Å². The van der Waals surface area contributed by atoms with Crippen LogP contribution in [-0.2, 0) is 6.42 Å². The number of H-pyrrole nitrogens is 2. The summed E-state index contributed by atoms with van der Waals surface area (Å²) in [6.07, 6.45) is 3.90. The zero-order chi connectivity index (χ0) is 18.7. The van der Waals surface area contributed by atoms with Crippen LogP contribution < -0.4 is 11.2 Å².